The van der Waals surface area contributed by atoms with E-state index in [1.54, 1.807) is 0 Å². The second kappa shape index (κ2) is 5.85. The normalized spacial score (nSPS) is 13.1. The summed E-state index contributed by atoms with van der Waals surface area (Å²) in [7, 11) is 1.92. The van der Waals surface area contributed by atoms with Crippen molar-refractivity contribution in [3.05, 3.63) is 17.5 Å². The van der Waals surface area contributed by atoms with E-state index in [0.29, 0.717) is 6.54 Å². The lowest BCUT2D eigenvalue weighted by Crippen LogP contribution is -2.29. The predicted octanol–water partition coefficient (Wildman–Crippen LogP) is -0.300. The molecule has 0 saturated heterocycles. The highest BCUT2D eigenvalue weighted by molar-refractivity contribution is 5.20. The van der Waals surface area contributed by atoms with Gasteiger partial charge in [-0.05, 0) is 19.9 Å². The Kier molecular flexibility index (Phi) is 4.74. The third-order valence-electron chi connectivity index (χ3n) is 2.61. The number of aliphatic hydroxyl groups excluding tert-OH is 1. The van der Waals surface area contributed by atoms with Crippen LogP contribution in [0.15, 0.2) is 6.20 Å². The Labute approximate surface area is 90.3 Å². The largest absolute Gasteiger partial charge is 0.396 e. The van der Waals surface area contributed by atoms with Gasteiger partial charge in [0.2, 0.25) is 0 Å². The molecule has 0 bridgehead atoms. The van der Waals surface area contributed by atoms with Gasteiger partial charge < -0.3 is 16.2 Å². The first kappa shape index (κ1) is 12.2. The molecule has 1 rings (SSSR count). The minimum absolute atomic E-state index is 0.130. The zero-order chi connectivity index (χ0) is 11.3. The number of nitrogens with two attached hydrogens (primary N) is 1. The van der Waals surface area contributed by atoms with Crippen molar-refractivity contribution in [3.63, 3.8) is 0 Å². The summed E-state index contributed by atoms with van der Waals surface area (Å²) in [6.07, 6.45) is 2.59. The van der Waals surface area contributed by atoms with Crippen LogP contribution >= 0.6 is 0 Å². The van der Waals surface area contributed by atoms with E-state index in [0.717, 1.165) is 24.2 Å². The van der Waals surface area contributed by atoms with Gasteiger partial charge >= 0.3 is 0 Å². The van der Waals surface area contributed by atoms with Crippen molar-refractivity contribution < 1.29 is 5.11 Å². The first-order valence-electron chi connectivity index (χ1n) is 5.23. The first-order chi connectivity index (χ1) is 7.20. The molecule has 15 heavy (non-hydrogen) atoms. The Morgan fingerprint density at radius 3 is 2.87 bits per heavy atom. The Hall–Kier alpha value is -0.910. The number of nitrogens with zero attached hydrogens (tertiary/aromatic N) is 2. The number of aliphatic hydroxyl groups is 1. The molecule has 0 fully saturated rings. The molecule has 0 amide bonds. The van der Waals surface area contributed by atoms with Crippen LogP contribution in [0.4, 0.5) is 0 Å². The van der Waals surface area contributed by atoms with Crippen LogP contribution in [0.2, 0.25) is 0 Å². The van der Waals surface area contributed by atoms with Crippen LogP contribution in [-0.4, -0.2) is 34.6 Å². The van der Waals surface area contributed by atoms with E-state index < -0.39 is 0 Å². The van der Waals surface area contributed by atoms with Gasteiger partial charge in [0.1, 0.15) is 0 Å². The molecule has 0 aliphatic carbocycles. The molecule has 4 N–H and O–H groups in total. The number of hydrogen-bond donors (Lipinski definition) is 3. The molecule has 5 heteroatoms. The van der Waals surface area contributed by atoms with Crippen LogP contribution in [-0.2, 0) is 7.05 Å². The molecule has 1 heterocycles. The van der Waals surface area contributed by atoms with Gasteiger partial charge in [0.25, 0.3) is 0 Å². The van der Waals surface area contributed by atoms with Crippen LogP contribution < -0.4 is 11.1 Å². The molecule has 0 aliphatic rings. The van der Waals surface area contributed by atoms with Crippen molar-refractivity contribution in [3.8, 4) is 0 Å². The van der Waals surface area contributed by atoms with Crippen molar-refractivity contribution in [1.29, 1.82) is 0 Å². The molecule has 0 aliphatic heterocycles. The molecule has 5 nitrogen and oxygen atoms in total. The van der Waals surface area contributed by atoms with E-state index in [1.807, 2.05) is 24.9 Å². The second-order valence-electron chi connectivity index (χ2n) is 3.63. The fourth-order valence-electron chi connectivity index (χ4n) is 1.53. The molecular weight excluding hydrogens is 192 g/mol. The molecule has 1 atom stereocenters. The molecule has 0 aromatic carbocycles. The van der Waals surface area contributed by atoms with E-state index in [-0.39, 0.29) is 12.6 Å². The molecule has 1 unspecified atom stereocenters. The summed E-state index contributed by atoms with van der Waals surface area (Å²) < 4.78 is 1.84. The average molecular weight is 212 g/mol. The summed E-state index contributed by atoms with van der Waals surface area (Å²) in [5, 5.41) is 16.2. The van der Waals surface area contributed by atoms with E-state index in [9.17, 15) is 0 Å². The van der Waals surface area contributed by atoms with Gasteiger partial charge in [-0.3, -0.25) is 4.68 Å². The maximum atomic E-state index is 8.69. The lowest BCUT2D eigenvalue weighted by atomic mass is 10.1. The van der Waals surface area contributed by atoms with Gasteiger partial charge in [-0.15, -0.1) is 0 Å². The quantitative estimate of drug-likeness (QED) is 0.566. The highest BCUT2D eigenvalue weighted by Gasteiger charge is 2.13. The molecule has 0 saturated carbocycles. The molecule has 86 valence electrons. The van der Waals surface area contributed by atoms with Crippen LogP contribution in [0.5, 0.6) is 0 Å². The third kappa shape index (κ3) is 3.02. The first-order valence-corrected chi connectivity index (χ1v) is 5.23. The summed E-state index contributed by atoms with van der Waals surface area (Å²) in [5.41, 5.74) is 7.97. The summed E-state index contributed by atoms with van der Waals surface area (Å²) in [6.45, 7) is 3.54. The monoisotopic (exact) mass is 212 g/mol. The van der Waals surface area contributed by atoms with Crippen LogP contribution in [0.3, 0.4) is 0 Å². The SMILES string of the molecule is Cc1c(C(CN)NCCCO)cnn1C. The number of rotatable bonds is 6. The summed E-state index contributed by atoms with van der Waals surface area (Å²) in [6, 6.07) is 0.130. The van der Waals surface area contributed by atoms with Crippen molar-refractivity contribution in [2.45, 2.75) is 19.4 Å². The summed E-state index contributed by atoms with van der Waals surface area (Å²) in [5.74, 6) is 0. The zero-order valence-corrected chi connectivity index (χ0v) is 9.40. The number of hydrogen-bond acceptors (Lipinski definition) is 4. The minimum Gasteiger partial charge on any atom is -0.396 e. The van der Waals surface area contributed by atoms with Gasteiger partial charge in [-0.25, -0.2) is 0 Å². The Balaban J connectivity index is 2.61. The molecule has 1 aromatic heterocycles. The Bertz CT molecular complexity index is 298. The molecule has 1 aromatic rings. The summed E-state index contributed by atoms with van der Waals surface area (Å²) >= 11 is 0. The van der Waals surface area contributed by atoms with Crippen LogP contribution in [0, 0.1) is 6.92 Å². The second-order valence-corrected chi connectivity index (χ2v) is 3.63. The number of aromatic nitrogens is 2. The smallest absolute Gasteiger partial charge is 0.0540 e. The van der Waals surface area contributed by atoms with E-state index >= 15 is 0 Å². The fraction of sp³-hybridized carbons (Fsp3) is 0.700. The molecule has 0 radical (unpaired) electrons. The van der Waals surface area contributed by atoms with E-state index in [1.165, 1.54) is 0 Å². The highest BCUT2D eigenvalue weighted by Crippen LogP contribution is 2.15. The summed E-state index contributed by atoms with van der Waals surface area (Å²) in [4.78, 5) is 0. The zero-order valence-electron chi connectivity index (χ0n) is 9.40. The lowest BCUT2D eigenvalue weighted by Gasteiger charge is -2.16. The standard InChI is InChI=1S/C10H20N4O/c1-8-9(7-13-14(8)2)10(6-11)12-4-3-5-15/h7,10,12,15H,3-6,11H2,1-2H3. The van der Waals surface area contributed by atoms with Gasteiger partial charge in [-0.1, -0.05) is 0 Å². The molecular formula is C10H20N4O. The highest BCUT2D eigenvalue weighted by atomic mass is 16.3. The fourth-order valence-corrected chi connectivity index (χ4v) is 1.53. The van der Waals surface area contributed by atoms with Crippen molar-refractivity contribution in [1.82, 2.24) is 15.1 Å². The third-order valence-corrected chi connectivity index (χ3v) is 2.61. The van der Waals surface area contributed by atoms with Crippen molar-refractivity contribution in [2.24, 2.45) is 12.8 Å². The topological polar surface area (TPSA) is 76.1 Å². The maximum absolute atomic E-state index is 8.69. The minimum atomic E-state index is 0.130. The van der Waals surface area contributed by atoms with Gasteiger partial charge in [0.05, 0.1) is 6.20 Å². The van der Waals surface area contributed by atoms with Crippen molar-refractivity contribution >= 4 is 0 Å². The number of aryl methyl sites for hydroxylation is 1. The number of nitrogens with one attached hydrogen (secondary N) is 1. The van der Waals surface area contributed by atoms with Gasteiger partial charge in [-0.2, -0.15) is 5.10 Å². The van der Waals surface area contributed by atoms with Crippen molar-refractivity contribution in [2.75, 3.05) is 19.7 Å². The Morgan fingerprint density at radius 1 is 1.67 bits per heavy atom. The van der Waals surface area contributed by atoms with Crippen LogP contribution in [0.25, 0.3) is 0 Å². The lowest BCUT2D eigenvalue weighted by molar-refractivity contribution is 0.283. The Morgan fingerprint density at radius 2 is 2.40 bits per heavy atom. The predicted molar refractivity (Wildman–Crippen MR) is 59.4 cm³/mol. The molecule has 0 spiro atoms. The van der Waals surface area contributed by atoms with E-state index in [4.69, 9.17) is 10.8 Å². The van der Waals surface area contributed by atoms with Gasteiger partial charge in [0.15, 0.2) is 0 Å². The van der Waals surface area contributed by atoms with Gasteiger partial charge in [0, 0.05) is 37.5 Å². The van der Waals surface area contributed by atoms with Crippen LogP contribution in [0.1, 0.15) is 23.7 Å². The maximum Gasteiger partial charge on any atom is 0.0540 e. The van der Waals surface area contributed by atoms with E-state index in [2.05, 4.69) is 10.4 Å². The average Bonchev–Trinajstić information content (AvgIpc) is 2.56.